The normalized spacial score (nSPS) is 13.0. The molecule has 4 heteroatoms. The zero-order valence-corrected chi connectivity index (χ0v) is 11.5. The van der Waals surface area contributed by atoms with Gasteiger partial charge in [-0.05, 0) is 18.9 Å². The summed E-state index contributed by atoms with van der Waals surface area (Å²) >= 11 is 0. The van der Waals surface area contributed by atoms with E-state index in [0.717, 1.165) is 12.8 Å². The van der Waals surface area contributed by atoms with Crippen LogP contribution in [-0.2, 0) is 14.0 Å². The van der Waals surface area contributed by atoms with E-state index in [4.69, 9.17) is 9.16 Å². The first-order valence-electron chi connectivity index (χ1n) is 5.43. The summed E-state index contributed by atoms with van der Waals surface area (Å²) in [4.78, 5) is 11.1. The first kappa shape index (κ1) is 14.4. The Labute approximate surface area is 94.8 Å². The molecule has 0 radical (unpaired) electrons. The van der Waals surface area contributed by atoms with Crippen molar-refractivity contribution < 1.29 is 14.0 Å². The van der Waals surface area contributed by atoms with Crippen LogP contribution in [-0.4, -0.2) is 29.4 Å². The highest BCUT2D eigenvalue weighted by molar-refractivity contribution is 6.29. The molecule has 0 heterocycles. The second-order valence-electron chi connectivity index (χ2n) is 3.81. The average molecular weight is 230 g/mol. The lowest BCUT2D eigenvalue weighted by Gasteiger charge is -2.14. The van der Waals surface area contributed by atoms with E-state index in [-0.39, 0.29) is 5.97 Å². The molecule has 0 aromatic heterocycles. The van der Waals surface area contributed by atoms with Crippen LogP contribution in [0.25, 0.3) is 0 Å². The number of ether oxygens (including phenoxy) is 1. The minimum atomic E-state index is -0.453. The summed E-state index contributed by atoms with van der Waals surface area (Å²) < 4.78 is 10.3. The summed E-state index contributed by atoms with van der Waals surface area (Å²) in [5, 5.41) is 0. The largest absolute Gasteiger partial charge is 0.462 e. The van der Waals surface area contributed by atoms with Gasteiger partial charge in [-0.2, -0.15) is 0 Å². The van der Waals surface area contributed by atoms with E-state index in [9.17, 15) is 4.79 Å². The predicted molar refractivity (Wildman–Crippen MR) is 64.6 cm³/mol. The first-order chi connectivity index (χ1) is 7.11. The van der Waals surface area contributed by atoms with Crippen LogP contribution in [0.4, 0.5) is 0 Å². The fourth-order valence-corrected chi connectivity index (χ4v) is 2.78. The highest BCUT2D eigenvalue weighted by Crippen LogP contribution is 2.16. The zero-order valence-electron chi connectivity index (χ0n) is 10.0. The van der Waals surface area contributed by atoms with Crippen molar-refractivity contribution >= 4 is 15.7 Å². The van der Waals surface area contributed by atoms with E-state index in [1.54, 1.807) is 14.0 Å². The molecule has 0 aromatic carbocycles. The fraction of sp³-hybridized carbons (Fsp3) is 0.727. The molecule has 0 aliphatic heterocycles. The van der Waals surface area contributed by atoms with Crippen molar-refractivity contribution in [1.82, 2.24) is 0 Å². The highest BCUT2D eigenvalue weighted by atomic mass is 28.2. The van der Waals surface area contributed by atoms with Crippen LogP contribution < -0.4 is 0 Å². The van der Waals surface area contributed by atoms with E-state index in [2.05, 4.69) is 13.5 Å². The van der Waals surface area contributed by atoms with Gasteiger partial charge in [0.25, 0.3) is 0 Å². The molecule has 1 unspecified atom stereocenters. The molecule has 0 aliphatic carbocycles. The van der Waals surface area contributed by atoms with Gasteiger partial charge in [-0.15, -0.1) is 0 Å². The van der Waals surface area contributed by atoms with E-state index < -0.39 is 9.76 Å². The molecule has 88 valence electrons. The van der Waals surface area contributed by atoms with Gasteiger partial charge in [0, 0.05) is 12.7 Å². The smallest absolute Gasteiger partial charge is 0.333 e. The number of hydrogen-bond donors (Lipinski definition) is 0. The van der Waals surface area contributed by atoms with Gasteiger partial charge in [0.15, 0.2) is 9.76 Å². The Morgan fingerprint density at radius 1 is 1.47 bits per heavy atom. The maximum Gasteiger partial charge on any atom is 0.333 e. The van der Waals surface area contributed by atoms with Crippen molar-refractivity contribution in [3.8, 4) is 0 Å². The lowest BCUT2D eigenvalue weighted by atomic mass is 10.2. The van der Waals surface area contributed by atoms with E-state index in [1.165, 1.54) is 6.42 Å². The number of esters is 1. The Hall–Kier alpha value is -0.613. The molecule has 0 saturated heterocycles. The molecule has 1 atom stereocenters. The second-order valence-corrected chi connectivity index (χ2v) is 5.88. The summed E-state index contributed by atoms with van der Waals surface area (Å²) in [5.41, 5.74) is 1.09. The SMILES string of the molecule is C=C(C)C(=O)OCCC(CCC)[SiH2]OC. The molecule has 0 aliphatic rings. The van der Waals surface area contributed by atoms with Crippen molar-refractivity contribution in [1.29, 1.82) is 0 Å². The third-order valence-electron chi connectivity index (χ3n) is 2.21. The standard InChI is InChI=1S/C11H22O3Si/c1-5-6-10(15-13-4)7-8-14-11(12)9(2)3/h10H,2,5-8,15H2,1,3-4H3. The van der Waals surface area contributed by atoms with Crippen molar-refractivity contribution in [2.75, 3.05) is 13.7 Å². The van der Waals surface area contributed by atoms with Crippen molar-refractivity contribution in [3.05, 3.63) is 12.2 Å². The van der Waals surface area contributed by atoms with Gasteiger partial charge in [0.1, 0.15) is 0 Å². The lowest BCUT2D eigenvalue weighted by molar-refractivity contribution is -0.139. The maximum absolute atomic E-state index is 11.1. The number of carbonyl (C=O) groups is 1. The molecular formula is C11H22O3Si. The monoisotopic (exact) mass is 230 g/mol. The van der Waals surface area contributed by atoms with Gasteiger partial charge in [0.05, 0.1) is 6.61 Å². The molecule has 0 N–H and O–H groups in total. The third kappa shape index (κ3) is 7.33. The van der Waals surface area contributed by atoms with E-state index in [1.807, 2.05) is 0 Å². The van der Waals surface area contributed by atoms with Crippen molar-refractivity contribution in [2.45, 2.75) is 38.7 Å². The van der Waals surface area contributed by atoms with E-state index >= 15 is 0 Å². The Kier molecular flexibility index (Phi) is 8.32. The molecule has 0 spiro atoms. The minimum absolute atomic E-state index is 0.288. The number of hydrogen-bond acceptors (Lipinski definition) is 3. The predicted octanol–water partition coefficient (Wildman–Crippen LogP) is 1.81. The van der Waals surface area contributed by atoms with Crippen LogP contribution in [0.2, 0.25) is 5.54 Å². The molecule has 15 heavy (non-hydrogen) atoms. The molecule has 0 fully saturated rings. The maximum atomic E-state index is 11.1. The van der Waals surface area contributed by atoms with Crippen LogP contribution in [0, 0.1) is 0 Å². The summed E-state index contributed by atoms with van der Waals surface area (Å²) in [6.45, 7) is 7.85. The van der Waals surface area contributed by atoms with Gasteiger partial charge in [0.2, 0.25) is 0 Å². The summed E-state index contributed by atoms with van der Waals surface area (Å²) in [5.74, 6) is -0.288. The number of carbonyl (C=O) groups excluding carboxylic acids is 1. The number of rotatable bonds is 8. The van der Waals surface area contributed by atoms with Gasteiger partial charge in [-0.1, -0.05) is 26.3 Å². The van der Waals surface area contributed by atoms with Crippen LogP contribution >= 0.6 is 0 Å². The topological polar surface area (TPSA) is 35.5 Å². The van der Waals surface area contributed by atoms with Gasteiger partial charge in [-0.3, -0.25) is 0 Å². The molecule has 0 bridgehead atoms. The quantitative estimate of drug-likeness (QED) is 0.362. The van der Waals surface area contributed by atoms with Crippen molar-refractivity contribution in [3.63, 3.8) is 0 Å². The summed E-state index contributed by atoms with van der Waals surface area (Å²) in [6, 6.07) is 0. The Morgan fingerprint density at radius 2 is 2.13 bits per heavy atom. The second kappa shape index (κ2) is 8.68. The van der Waals surface area contributed by atoms with Crippen LogP contribution in [0.5, 0.6) is 0 Å². The van der Waals surface area contributed by atoms with Crippen LogP contribution in [0.1, 0.15) is 33.1 Å². The molecule has 0 rings (SSSR count). The van der Waals surface area contributed by atoms with Crippen LogP contribution in [0.15, 0.2) is 12.2 Å². The molecule has 0 aromatic rings. The third-order valence-corrected chi connectivity index (χ3v) is 3.83. The molecule has 0 amide bonds. The van der Waals surface area contributed by atoms with Crippen molar-refractivity contribution in [2.24, 2.45) is 0 Å². The fourth-order valence-electron chi connectivity index (χ4n) is 1.40. The zero-order chi connectivity index (χ0) is 11.7. The highest BCUT2D eigenvalue weighted by Gasteiger charge is 2.10. The Morgan fingerprint density at radius 3 is 2.60 bits per heavy atom. The average Bonchev–Trinajstić information content (AvgIpc) is 2.18. The first-order valence-corrected chi connectivity index (χ1v) is 6.82. The molecule has 0 saturated carbocycles. The summed E-state index contributed by atoms with van der Waals surface area (Å²) in [6.07, 6.45) is 3.26. The lowest BCUT2D eigenvalue weighted by Crippen LogP contribution is -2.12. The van der Waals surface area contributed by atoms with Crippen LogP contribution in [0.3, 0.4) is 0 Å². The molecule has 3 nitrogen and oxygen atoms in total. The van der Waals surface area contributed by atoms with Gasteiger partial charge < -0.3 is 9.16 Å². The Bertz CT molecular complexity index is 198. The Balaban J connectivity index is 3.69. The molecular weight excluding hydrogens is 208 g/mol. The summed E-state index contributed by atoms with van der Waals surface area (Å²) in [7, 11) is 1.31. The van der Waals surface area contributed by atoms with E-state index in [0.29, 0.717) is 17.7 Å². The van der Waals surface area contributed by atoms with Gasteiger partial charge in [-0.25, -0.2) is 4.79 Å². The minimum Gasteiger partial charge on any atom is -0.462 e. The van der Waals surface area contributed by atoms with Gasteiger partial charge >= 0.3 is 5.97 Å².